The van der Waals surface area contributed by atoms with E-state index >= 15 is 0 Å². The van der Waals surface area contributed by atoms with Crippen LogP contribution in [0.4, 0.5) is 0 Å². The van der Waals surface area contributed by atoms with Crippen molar-refractivity contribution >= 4 is 17.2 Å². The van der Waals surface area contributed by atoms with Crippen molar-refractivity contribution in [2.45, 2.75) is 78.3 Å². The average Bonchev–Trinajstić information content (AvgIpc) is 3.09. The van der Waals surface area contributed by atoms with Crippen LogP contribution in [0.25, 0.3) is 0 Å². The topological polar surface area (TPSA) is 65.2 Å². The summed E-state index contributed by atoms with van der Waals surface area (Å²) in [6.45, 7) is 8.38. The van der Waals surface area contributed by atoms with E-state index in [1.165, 1.54) is 30.6 Å². The summed E-state index contributed by atoms with van der Waals surface area (Å²) in [5, 5.41) is 4.97. The first-order valence-corrected chi connectivity index (χ1v) is 12.3. The third-order valence-corrected chi connectivity index (χ3v) is 8.28. The third-order valence-electron chi connectivity index (χ3n) is 7.06. The lowest BCUT2D eigenvalue weighted by Crippen LogP contribution is -2.33. The quantitative estimate of drug-likeness (QED) is 0.639. The highest BCUT2D eigenvalue weighted by Crippen LogP contribution is 2.42. The van der Waals surface area contributed by atoms with Gasteiger partial charge in [-0.2, -0.15) is 0 Å². The predicted octanol–water partition coefficient (Wildman–Crippen LogP) is 4.91. The lowest BCUT2D eigenvalue weighted by Gasteiger charge is -2.36. The second-order valence-corrected chi connectivity index (χ2v) is 10.2. The molecule has 5 nitrogen and oxygen atoms in total. The molecule has 0 spiro atoms. The van der Waals surface area contributed by atoms with Crippen molar-refractivity contribution < 1.29 is 4.79 Å². The Morgan fingerprint density at radius 2 is 1.90 bits per heavy atom. The number of aryl methyl sites for hydroxylation is 2. The van der Waals surface area contributed by atoms with E-state index in [0.717, 1.165) is 28.8 Å². The molecule has 0 bridgehead atoms. The molecule has 170 valence electrons. The molecule has 3 rings (SSSR count). The zero-order valence-corrected chi connectivity index (χ0v) is 20.6. The van der Waals surface area contributed by atoms with Gasteiger partial charge in [0.2, 0.25) is 0 Å². The van der Waals surface area contributed by atoms with Gasteiger partial charge in [-0.3, -0.25) is 9.59 Å². The number of aromatic nitrogens is 1. The Hall–Kier alpha value is -1.92. The van der Waals surface area contributed by atoms with Crippen LogP contribution in [0.1, 0.15) is 82.6 Å². The number of hydrogen-bond donors (Lipinski definition) is 2. The largest absolute Gasteiger partial charge is 0.348 e. The Balaban J connectivity index is 1.70. The van der Waals surface area contributed by atoms with Crippen molar-refractivity contribution in [1.29, 1.82) is 0 Å². The van der Waals surface area contributed by atoms with Gasteiger partial charge in [0.25, 0.3) is 11.5 Å². The normalized spacial score (nSPS) is 20.1. The smallest absolute Gasteiger partial charge is 0.253 e. The van der Waals surface area contributed by atoms with Crippen LogP contribution in [0, 0.1) is 26.7 Å². The summed E-state index contributed by atoms with van der Waals surface area (Å²) in [7, 11) is 4.37. The first-order chi connectivity index (χ1) is 14.7. The highest BCUT2D eigenvalue weighted by Gasteiger charge is 2.31. The van der Waals surface area contributed by atoms with Crippen molar-refractivity contribution in [1.82, 2.24) is 15.2 Å². The molecule has 1 amide bonds. The molecule has 0 aliphatic heterocycles. The summed E-state index contributed by atoms with van der Waals surface area (Å²) in [6.07, 6.45) is 6.15. The Morgan fingerprint density at radius 3 is 2.48 bits per heavy atom. The van der Waals surface area contributed by atoms with Gasteiger partial charge in [0.1, 0.15) is 0 Å². The van der Waals surface area contributed by atoms with Gasteiger partial charge in [-0.15, -0.1) is 11.3 Å². The minimum absolute atomic E-state index is 0.0921. The van der Waals surface area contributed by atoms with E-state index in [4.69, 9.17) is 0 Å². The molecule has 0 radical (unpaired) electrons. The monoisotopic (exact) mass is 443 g/mol. The number of hydrogen-bond acceptors (Lipinski definition) is 4. The van der Waals surface area contributed by atoms with Crippen molar-refractivity contribution in [2.24, 2.45) is 5.92 Å². The van der Waals surface area contributed by atoms with Crippen LogP contribution in [-0.4, -0.2) is 35.9 Å². The Bertz CT molecular complexity index is 968. The molecule has 2 aromatic rings. The van der Waals surface area contributed by atoms with Gasteiger partial charge >= 0.3 is 0 Å². The maximum absolute atomic E-state index is 12.9. The fourth-order valence-corrected chi connectivity index (χ4v) is 6.49. The standard InChI is InChI=1S/C25H37N3O2S/c1-7-20(18-8-10-19(11-9-18)28(5)6)23-17(4)22(14-31-23)24(29)26-13-21-15(2)12-16(3)27-25(21)30/h12,14,18-20H,7-11,13H2,1-6H3,(H,26,29)(H,27,30). The van der Waals surface area contributed by atoms with Crippen molar-refractivity contribution in [2.75, 3.05) is 14.1 Å². The van der Waals surface area contributed by atoms with Crippen LogP contribution in [0.2, 0.25) is 0 Å². The van der Waals surface area contributed by atoms with Gasteiger partial charge < -0.3 is 15.2 Å². The second-order valence-electron chi connectivity index (χ2n) is 9.31. The average molecular weight is 444 g/mol. The van der Waals surface area contributed by atoms with E-state index in [2.05, 4.69) is 43.1 Å². The van der Waals surface area contributed by atoms with Crippen LogP contribution in [-0.2, 0) is 6.54 Å². The highest BCUT2D eigenvalue weighted by atomic mass is 32.1. The van der Waals surface area contributed by atoms with Gasteiger partial charge in [-0.25, -0.2) is 0 Å². The predicted molar refractivity (Wildman–Crippen MR) is 129 cm³/mol. The van der Waals surface area contributed by atoms with Crippen LogP contribution < -0.4 is 10.9 Å². The summed E-state index contributed by atoms with van der Waals surface area (Å²) in [5.74, 6) is 1.13. The molecule has 2 aromatic heterocycles. The van der Waals surface area contributed by atoms with Crippen molar-refractivity contribution in [3.63, 3.8) is 0 Å². The second kappa shape index (κ2) is 10.1. The molecule has 0 saturated heterocycles. The summed E-state index contributed by atoms with van der Waals surface area (Å²) in [4.78, 5) is 31.7. The molecule has 1 atom stereocenters. The van der Waals surface area contributed by atoms with E-state index in [1.807, 2.05) is 25.3 Å². The molecule has 1 saturated carbocycles. The van der Waals surface area contributed by atoms with Gasteiger partial charge in [0.05, 0.1) is 5.56 Å². The lowest BCUT2D eigenvalue weighted by molar-refractivity contribution is 0.0950. The minimum Gasteiger partial charge on any atom is -0.348 e. The first kappa shape index (κ1) is 23.7. The van der Waals surface area contributed by atoms with E-state index in [-0.39, 0.29) is 18.0 Å². The van der Waals surface area contributed by atoms with E-state index in [0.29, 0.717) is 23.4 Å². The molecule has 1 fully saturated rings. The number of aromatic amines is 1. The van der Waals surface area contributed by atoms with Gasteiger partial charge in [-0.1, -0.05) is 6.92 Å². The lowest BCUT2D eigenvalue weighted by atomic mass is 9.75. The van der Waals surface area contributed by atoms with Crippen molar-refractivity contribution in [3.8, 4) is 0 Å². The maximum Gasteiger partial charge on any atom is 0.253 e. The number of pyridine rings is 1. The number of carbonyl (C=O) groups is 1. The van der Waals surface area contributed by atoms with Crippen LogP contribution in [0.3, 0.4) is 0 Å². The van der Waals surface area contributed by atoms with E-state index in [9.17, 15) is 9.59 Å². The molecule has 6 heteroatoms. The molecular weight excluding hydrogens is 406 g/mol. The molecule has 31 heavy (non-hydrogen) atoms. The van der Waals surface area contributed by atoms with Gasteiger partial charge in [-0.05, 0) is 96.0 Å². The SMILES string of the molecule is CCC(c1scc(C(=O)NCc2c(C)cc(C)[nH]c2=O)c1C)C1CCC(N(C)C)CC1. The molecule has 2 heterocycles. The minimum atomic E-state index is -0.125. The molecular formula is C25H37N3O2S. The third kappa shape index (κ3) is 5.29. The molecule has 1 unspecified atom stereocenters. The summed E-state index contributed by atoms with van der Waals surface area (Å²) in [5.41, 5.74) is 4.10. The number of nitrogens with one attached hydrogen (secondary N) is 2. The number of carbonyl (C=O) groups excluding carboxylic acids is 1. The van der Waals surface area contributed by atoms with Crippen LogP contribution in [0.5, 0.6) is 0 Å². The molecule has 1 aliphatic rings. The maximum atomic E-state index is 12.9. The molecule has 1 aliphatic carbocycles. The zero-order chi connectivity index (χ0) is 22.7. The van der Waals surface area contributed by atoms with Crippen LogP contribution in [0.15, 0.2) is 16.2 Å². The first-order valence-electron chi connectivity index (χ1n) is 11.4. The number of H-pyrrole nitrogens is 1. The summed E-state index contributed by atoms with van der Waals surface area (Å²) in [6, 6.07) is 2.64. The van der Waals surface area contributed by atoms with Crippen molar-refractivity contribution in [3.05, 3.63) is 54.6 Å². The summed E-state index contributed by atoms with van der Waals surface area (Å²) >= 11 is 1.73. The van der Waals surface area contributed by atoms with Gasteiger partial charge in [0, 0.05) is 34.1 Å². The number of amides is 1. The molecule has 0 aromatic carbocycles. The number of thiophene rings is 1. The zero-order valence-electron chi connectivity index (χ0n) is 19.8. The van der Waals surface area contributed by atoms with E-state index in [1.54, 1.807) is 11.3 Å². The van der Waals surface area contributed by atoms with Crippen LogP contribution >= 0.6 is 11.3 Å². The Labute approximate surface area is 190 Å². The fourth-order valence-electron chi connectivity index (χ4n) is 5.14. The molecule has 2 N–H and O–H groups in total. The Kier molecular flexibility index (Phi) is 7.76. The van der Waals surface area contributed by atoms with E-state index < -0.39 is 0 Å². The highest BCUT2D eigenvalue weighted by molar-refractivity contribution is 7.10. The Morgan fingerprint density at radius 1 is 1.23 bits per heavy atom. The fraction of sp³-hybridized carbons (Fsp3) is 0.600. The summed E-state index contributed by atoms with van der Waals surface area (Å²) < 4.78 is 0. The number of nitrogens with zero attached hydrogens (tertiary/aromatic N) is 1. The number of rotatable bonds is 7. The van der Waals surface area contributed by atoms with Gasteiger partial charge in [0.15, 0.2) is 0 Å².